The summed E-state index contributed by atoms with van der Waals surface area (Å²) in [6, 6.07) is 0. The minimum Gasteiger partial charge on any atom is -0.465 e. The lowest BCUT2D eigenvalue weighted by molar-refractivity contribution is 0.0695. The molecule has 2 atom stereocenters. The fourth-order valence-electron chi connectivity index (χ4n) is 2.18. The largest absolute Gasteiger partial charge is 0.465 e. The van der Waals surface area contributed by atoms with E-state index < -0.39 is 11.6 Å². The van der Waals surface area contributed by atoms with E-state index in [2.05, 4.69) is 10.6 Å². The first-order valence-electron chi connectivity index (χ1n) is 5.19. The quantitative estimate of drug-likeness (QED) is 0.645. The highest BCUT2D eigenvalue weighted by Gasteiger charge is 2.33. The molecule has 0 spiro atoms. The van der Waals surface area contributed by atoms with Crippen molar-refractivity contribution in [3.8, 4) is 0 Å². The average Bonchev–Trinajstić information content (AvgIpc) is 2.48. The van der Waals surface area contributed by atoms with E-state index in [0.717, 1.165) is 19.5 Å². The van der Waals surface area contributed by atoms with Crippen LogP contribution in [0.25, 0.3) is 0 Å². The molecule has 1 rings (SSSR count). The molecule has 5 nitrogen and oxygen atoms in total. The van der Waals surface area contributed by atoms with Crippen LogP contribution >= 0.6 is 0 Å². The second-order valence-corrected chi connectivity index (χ2v) is 4.71. The molecule has 3 N–H and O–H groups in total. The third-order valence-corrected chi connectivity index (χ3v) is 2.80. The minimum atomic E-state index is -0.972. The summed E-state index contributed by atoms with van der Waals surface area (Å²) in [4.78, 5) is 10.6. The highest BCUT2D eigenvalue weighted by Crippen LogP contribution is 2.23. The molecule has 0 saturated carbocycles. The number of methoxy groups -OCH3 is 1. The molecule has 1 aliphatic heterocycles. The van der Waals surface area contributed by atoms with Gasteiger partial charge in [-0.1, -0.05) is 0 Å². The van der Waals surface area contributed by atoms with Crippen LogP contribution in [0.2, 0.25) is 0 Å². The van der Waals surface area contributed by atoms with Gasteiger partial charge in [-0.25, -0.2) is 4.79 Å². The summed E-state index contributed by atoms with van der Waals surface area (Å²) in [5.74, 6) is 0.372. The van der Waals surface area contributed by atoms with E-state index in [1.807, 2.05) is 13.8 Å². The van der Waals surface area contributed by atoms with Crippen molar-refractivity contribution in [1.82, 2.24) is 10.6 Å². The molecule has 0 unspecified atom stereocenters. The van der Waals surface area contributed by atoms with Gasteiger partial charge in [0.1, 0.15) is 0 Å². The van der Waals surface area contributed by atoms with Gasteiger partial charge in [-0.2, -0.15) is 0 Å². The lowest BCUT2D eigenvalue weighted by atomic mass is 9.89. The molecule has 0 aromatic heterocycles. The Bertz CT molecular complexity index is 231. The number of nitrogens with one attached hydrogen (secondary N) is 2. The molecule has 5 heteroatoms. The van der Waals surface area contributed by atoms with E-state index in [4.69, 9.17) is 9.84 Å². The van der Waals surface area contributed by atoms with Crippen LogP contribution in [0.4, 0.5) is 4.79 Å². The molecule has 0 bridgehead atoms. The summed E-state index contributed by atoms with van der Waals surface area (Å²) in [6.45, 7) is 5.53. The third kappa shape index (κ3) is 3.68. The Morgan fingerprint density at radius 1 is 1.60 bits per heavy atom. The number of carboxylic acid groups (broad SMARTS) is 1. The van der Waals surface area contributed by atoms with Crippen LogP contribution in [-0.2, 0) is 4.74 Å². The first kappa shape index (κ1) is 12.3. The smallest absolute Gasteiger partial charge is 0.405 e. The fourth-order valence-corrected chi connectivity index (χ4v) is 2.18. The number of rotatable bonds is 4. The lowest BCUT2D eigenvalue weighted by Gasteiger charge is -2.29. The first-order valence-corrected chi connectivity index (χ1v) is 5.19. The molecular formula is C10H20N2O3. The van der Waals surface area contributed by atoms with Gasteiger partial charge in [0.05, 0.1) is 6.10 Å². The second kappa shape index (κ2) is 4.81. The normalized spacial score (nSPS) is 26.6. The summed E-state index contributed by atoms with van der Waals surface area (Å²) in [5.41, 5.74) is -0.403. The molecule has 0 aromatic rings. The van der Waals surface area contributed by atoms with E-state index in [-0.39, 0.29) is 6.10 Å². The van der Waals surface area contributed by atoms with Crippen molar-refractivity contribution in [3.05, 3.63) is 0 Å². The topological polar surface area (TPSA) is 70.6 Å². The highest BCUT2D eigenvalue weighted by molar-refractivity contribution is 5.65. The van der Waals surface area contributed by atoms with Gasteiger partial charge in [0, 0.05) is 31.7 Å². The van der Waals surface area contributed by atoms with Crippen molar-refractivity contribution >= 4 is 6.09 Å². The summed E-state index contributed by atoms with van der Waals surface area (Å²) in [5, 5.41) is 14.5. The third-order valence-electron chi connectivity index (χ3n) is 2.80. The predicted octanol–water partition coefficient (Wildman–Crippen LogP) is 0.657. The summed E-state index contributed by atoms with van der Waals surface area (Å²) < 4.78 is 5.34. The van der Waals surface area contributed by atoms with Gasteiger partial charge in [-0.05, 0) is 20.3 Å². The predicted molar refractivity (Wildman–Crippen MR) is 57.0 cm³/mol. The number of hydrogen-bond acceptors (Lipinski definition) is 3. The highest BCUT2D eigenvalue weighted by atomic mass is 16.5. The molecule has 0 aliphatic carbocycles. The van der Waals surface area contributed by atoms with Crippen LogP contribution in [0.1, 0.15) is 20.3 Å². The van der Waals surface area contributed by atoms with Crippen molar-refractivity contribution in [2.75, 3.05) is 20.2 Å². The molecule has 0 radical (unpaired) electrons. The maximum Gasteiger partial charge on any atom is 0.405 e. The number of carbonyl (C=O) groups is 1. The van der Waals surface area contributed by atoms with Gasteiger partial charge >= 0.3 is 6.09 Å². The minimum absolute atomic E-state index is 0.194. The SMILES string of the molecule is CO[C@@H]1CNC[C@@H]1CC(C)(C)NC(=O)O. The Morgan fingerprint density at radius 3 is 2.80 bits per heavy atom. The van der Waals surface area contributed by atoms with Crippen LogP contribution in [0.15, 0.2) is 0 Å². The molecule has 15 heavy (non-hydrogen) atoms. The summed E-state index contributed by atoms with van der Waals surface area (Å²) >= 11 is 0. The van der Waals surface area contributed by atoms with Gasteiger partial charge in [-0.15, -0.1) is 0 Å². The van der Waals surface area contributed by atoms with Crippen LogP contribution in [-0.4, -0.2) is 43.0 Å². The van der Waals surface area contributed by atoms with Crippen molar-refractivity contribution in [2.24, 2.45) is 5.92 Å². The zero-order valence-electron chi connectivity index (χ0n) is 9.54. The fraction of sp³-hybridized carbons (Fsp3) is 0.900. The van der Waals surface area contributed by atoms with E-state index in [1.165, 1.54) is 0 Å². The maximum absolute atomic E-state index is 10.6. The van der Waals surface area contributed by atoms with E-state index in [0.29, 0.717) is 5.92 Å². The molecular weight excluding hydrogens is 196 g/mol. The summed E-state index contributed by atoms with van der Waals surface area (Å²) in [6.07, 6.45) is 0.00458. The van der Waals surface area contributed by atoms with E-state index in [9.17, 15) is 4.79 Å². The van der Waals surface area contributed by atoms with Crippen molar-refractivity contribution < 1.29 is 14.6 Å². The molecule has 88 valence electrons. The van der Waals surface area contributed by atoms with E-state index >= 15 is 0 Å². The Morgan fingerprint density at radius 2 is 2.27 bits per heavy atom. The number of ether oxygens (including phenoxy) is 1. The lowest BCUT2D eigenvalue weighted by Crippen LogP contribution is -2.45. The van der Waals surface area contributed by atoms with Crippen molar-refractivity contribution in [2.45, 2.75) is 31.9 Å². The Labute approximate surface area is 90.2 Å². The van der Waals surface area contributed by atoms with Crippen LogP contribution in [0, 0.1) is 5.92 Å². The number of hydrogen-bond donors (Lipinski definition) is 3. The van der Waals surface area contributed by atoms with Gasteiger partial charge in [0.2, 0.25) is 0 Å². The first-order chi connectivity index (χ1) is 6.94. The zero-order chi connectivity index (χ0) is 11.5. The van der Waals surface area contributed by atoms with Gasteiger partial charge in [-0.3, -0.25) is 0 Å². The van der Waals surface area contributed by atoms with Crippen molar-refractivity contribution in [1.29, 1.82) is 0 Å². The van der Waals surface area contributed by atoms with Gasteiger partial charge in [0.25, 0.3) is 0 Å². The van der Waals surface area contributed by atoms with Crippen molar-refractivity contribution in [3.63, 3.8) is 0 Å². The molecule has 1 heterocycles. The molecule has 1 fully saturated rings. The molecule has 1 saturated heterocycles. The van der Waals surface area contributed by atoms with E-state index in [1.54, 1.807) is 7.11 Å². The Kier molecular flexibility index (Phi) is 3.93. The molecule has 1 aliphatic rings. The monoisotopic (exact) mass is 216 g/mol. The van der Waals surface area contributed by atoms with Gasteiger partial charge in [0.15, 0.2) is 0 Å². The van der Waals surface area contributed by atoms with Gasteiger partial charge < -0.3 is 20.5 Å². The molecule has 1 amide bonds. The number of amides is 1. The second-order valence-electron chi connectivity index (χ2n) is 4.71. The summed E-state index contributed by atoms with van der Waals surface area (Å²) in [7, 11) is 1.70. The average molecular weight is 216 g/mol. The zero-order valence-corrected chi connectivity index (χ0v) is 9.54. The van der Waals surface area contributed by atoms with Crippen LogP contribution in [0.3, 0.4) is 0 Å². The van der Waals surface area contributed by atoms with Crippen LogP contribution in [0.5, 0.6) is 0 Å². The Balaban J connectivity index is 2.48. The van der Waals surface area contributed by atoms with Crippen LogP contribution < -0.4 is 10.6 Å². The standard InChI is InChI=1S/C10H20N2O3/c1-10(2,12-9(13)14)4-7-5-11-6-8(7)15-3/h7-8,11-12H,4-6H2,1-3H3,(H,13,14)/t7-,8+/m0/s1. The molecule has 0 aromatic carbocycles. The Hall–Kier alpha value is -0.810. The maximum atomic E-state index is 10.6.